The van der Waals surface area contributed by atoms with Crippen LogP contribution in [-0.2, 0) is 4.74 Å². The minimum atomic E-state index is 0.0479. The summed E-state index contributed by atoms with van der Waals surface area (Å²) in [7, 11) is 5.72. The van der Waals surface area contributed by atoms with E-state index in [4.69, 9.17) is 4.74 Å². The maximum atomic E-state index is 12.7. The van der Waals surface area contributed by atoms with Crippen LogP contribution in [-0.4, -0.2) is 61.2 Å². The predicted molar refractivity (Wildman–Crippen MR) is 112 cm³/mol. The summed E-state index contributed by atoms with van der Waals surface area (Å²) in [6.45, 7) is 3.59. The van der Waals surface area contributed by atoms with E-state index in [2.05, 4.69) is 9.97 Å². The van der Waals surface area contributed by atoms with E-state index >= 15 is 0 Å². The molecule has 0 radical (unpaired) electrons. The number of ether oxygens (including phenoxy) is 1. The number of aryl methyl sites for hydroxylation is 1. The fraction of sp³-hybridized carbons (Fsp3) is 0.500. The Labute approximate surface area is 167 Å². The van der Waals surface area contributed by atoms with Gasteiger partial charge in [0.2, 0.25) is 5.95 Å². The lowest BCUT2D eigenvalue weighted by Gasteiger charge is -2.18. The molecule has 6 nitrogen and oxygen atoms in total. The summed E-state index contributed by atoms with van der Waals surface area (Å²) < 4.78 is 5.65. The maximum Gasteiger partial charge on any atom is 0.253 e. The molecular weight excluding hydrogens is 352 g/mol. The summed E-state index contributed by atoms with van der Waals surface area (Å²) in [5, 5.41) is 0. The van der Waals surface area contributed by atoms with Crippen molar-refractivity contribution in [1.82, 2.24) is 14.9 Å². The Morgan fingerprint density at radius 1 is 1.18 bits per heavy atom. The Hall–Kier alpha value is -2.47. The van der Waals surface area contributed by atoms with Crippen molar-refractivity contribution in [3.05, 3.63) is 41.6 Å². The van der Waals surface area contributed by atoms with Gasteiger partial charge in [-0.2, -0.15) is 0 Å². The molecule has 0 aliphatic carbocycles. The highest BCUT2D eigenvalue weighted by Gasteiger charge is 2.17. The molecule has 3 rings (SSSR count). The smallest absolute Gasteiger partial charge is 0.253 e. The van der Waals surface area contributed by atoms with Crippen molar-refractivity contribution in [3.8, 4) is 11.3 Å². The highest BCUT2D eigenvalue weighted by molar-refractivity contribution is 5.94. The number of carbonyl (C=O) groups excluding carboxylic acids is 1. The van der Waals surface area contributed by atoms with E-state index in [0.717, 1.165) is 55.8 Å². The van der Waals surface area contributed by atoms with Crippen molar-refractivity contribution in [1.29, 1.82) is 0 Å². The van der Waals surface area contributed by atoms with Gasteiger partial charge in [-0.15, -0.1) is 0 Å². The van der Waals surface area contributed by atoms with Crippen LogP contribution >= 0.6 is 0 Å². The normalized spacial score (nSPS) is 16.2. The summed E-state index contributed by atoms with van der Waals surface area (Å²) in [6, 6.07) is 9.62. The molecule has 28 heavy (non-hydrogen) atoms. The molecule has 0 spiro atoms. The third kappa shape index (κ3) is 5.07. The van der Waals surface area contributed by atoms with Gasteiger partial charge >= 0.3 is 0 Å². The van der Waals surface area contributed by atoms with E-state index in [-0.39, 0.29) is 5.91 Å². The number of hydrogen-bond acceptors (Lipinski definition) is 5. The molecular formula is C22H30N4O2. The monoisotopic (exact) mass is 382 g/mol. The minimum absolute atomic E-state index is 0.0479. The molecule has 0 bridgehead atoms. The zero-order valence-electron chi connectivity index (χ0n) is 17.3. The van der Waals surface area contributed by atoms with E-state index in [1.807, 2.05) is 63.3 Å². The molecule has 1 saturated heterocycles. The summed E-state index contributed by atoms with van der Waals surface area (Å²) in [5.74, 6) is 0.730. The molecule has 6 heteroatoms. The van der Waals surface area contributed by atoms with Gasteiger partial charge in [0.25, 0.3) is 5.91 Å². The summed E-state index contributed by atoms with van der Waals surface area (Å²) >= 11 is 0. The van der Waals surface area contributed by atoms with Crippen molar-refractivity contribution in [3.63, 3.8) is 0 Å². The van der Waals surface area contributed by atoms with Crippen LogP contribution < -0.4 is 4.90 Å². The van der Waals surface area contributed by atoms with Crippen molar-refractivity contribution in [2.45, 2.75) is 38.7 Å². The minimum Gasteiger partial charge on any atom is -0.378 e. The molecule has 1 amide bonds. The number of aromatic nitrogens is 2. The molecule has 1 fully saturated rings. The van der Waals surface area contributed by atoms with Crippen molar-refractivity contribution >= 4 is 11.9 Å². The Morgan fingerprint density at radius 3 is 2.57 bits per heavy atom. The zero-order chi connectivity index (χ0) is 20.1. The molecule has 0 saturated carbocycles. The van der Waals surface area contributed by atoms with Crippen LogP contribution in [0.2, 0.25) is 0 Å². The molecule has 1 aromatic heterocycles. The van der Waals surface area contributed by atoms with Crippen molar-refractivity contribution < 1.29 is 9.53 Å². The van der Waals surface area contributed by atoms with Crippen LogP contribution in [0.15, 0.2) is 30.3 Å². The predicted octanol–water partition coefficient (Wildman–Crippen LogP) is 3.55. The lowest BCUT2D eigenvalue weighted by Crippen LogP contribution is -2.28. The number of nitrogens with zero attached hydrogens (tertiary/aromatic N) is 4. The van der Waals surface area contributed by atoms with Gasteiger partial charge in [0.15, 0.2) is 0 Å². The lowest BCUT2D eigenvalue weighted by molar-refractivity contribution is 0.0763. The largest absolute Gasteiger partial charge is 0.378 e. The Morgan fingerprint density at radius 2 is 1.93 bits per heavy atom. The van der Waals surface area contributed by atoms with Gasteiger partial charge in [-0.05, 0) is 50.8 Å². The van der Waals surface area contributed by atoms with Gasteiger partial charge in [0.1, 0.15) is 0 Å². The molecule has 150 valence electrons. The van der Waals surface area contributed by atoms with Crippen LogP contribution in [0, 0.1) is 6.92 Å². The average molecular weight is 383 g/mol. The first-order valence-corrected chi connectivity index (χ1v) is 9.94. The molecule has 1 atom stereocenters. The van der Waals surface area contributed by atoms with E-state index in [1.54, 1.807) is 4.90 Å². The van der Waals surface area contributed by atoms with Crippen LogP contribution in [0.5, 0.6) is 0 Å². The molecule has 0 unspecified atom stereocenters. The fourth-order valence-corrected chi connectivity index (χ4v) is 3.43. The second kappa shape index (κ2) is 9.15. The fourth-order valence-electron chi connectivity index (χ4n) is 3.43. The molecule has 2 heterocycles. The number of rotatable bonds is 7. The number of amides is 1. The molecule has 1 aliphatic heterocycles. The topological polar surface area (TPSA) is 58.6 Å². The van der Waals surface area contributed by atoms with Crippen LogP contribution in [0.4, 0.5) is 5.95 Å². The Bertz CT molecular complexity index is 799. The summed E-state index contributed by atoms with van der Waals surface area (Å²) in [5.41, 5.74) is 3.45. The average Bonchev–Trinajstić information content (AvgIpc) is 3.20. The van der Waals surface area contributed by atoms with Gasteiger partial charge in [-0.25, -0.2) is 9.97 Å². The zero-order valence-corrected chi connectivity index (χ0v) is 17.3. The number of anilines is 1. The second-order valence-corrected chi connectivity index (χ2v) is 7.67. The summed E-state index contributed by atoms with van der Waals surface area (Å²) in [6.07, 6.45) is 4.69. The number of benzene rings is 1. The van der Waals surface area contributed by atoms with E-state index in [0.29, 0.717) is 17.6 Å². The number of carbonyl (C=O) groups is 1. The van der Waals surface area contributed by atoms with Gasteiger partial charge in [0, 0.05) is 51.1 Å². The molecule has 2 aromatic rings. The van der Waals surface area contributed by atoms with Crippen LogP contribution in [0.3, 0.4) is 0 Å². The lowest BCUT2D eigenvalue weighted by atomic mass is 10.1. The Kier molecular flexibility index (Phi) is 6.62. The highest BCUT2D eigenvalue weighted by atomic mass is 16.5. The van der Waals surface area contributed by atoms with Gasteiger partial charge in [-0.1, -0.05) is 12.1 Å². The summed E-state index contributed by atoms with van der Waals surface area (Å²) in [4.78, 5) is 25.4. The molecule has 1 aliphatic rings. The van der Waals surface area contributed by atoms with E-state index < -0.39 is 0 Å². The van der Waals surface area contributed by atoms with Gasteiger partial charge in [-0.3, -0.25) is 4.79 Å². The number of hydrogen-bond donors (Lipinski definition) is 0. The third-order valence-corrected chi connectivity index (χ3v) is 5.06. The second-order valence-electron chi connectivity index (χ2n) is 7.67. The van der Waals surface area contributed by atoms with E-state index in [1.165, 1.54) is 0 Å². The molecule has 0 N–H and O–H groups in total. The quantitative estimate of drug-likeness (QED) is 0.733. The van der Waals surface area contributed by atoms with Crippen molar-refractivity contribution in [2.75, 3.05) is 39.2 Å². The third-order valence-electron chi connectivity index (χ3n) is 5.06. The standard InChI is InChI=1S/C22H30N4O2/c1-16-15-20(24-22(23-16)25(2)3)17-9-11-18(12-10-17)21(27)26(4)13-5-7-19-8-6-14-28-19/h9-12,15,19H,5-8,13-14H2,1-4H3/t19-/m0/s1. The first kappa shape index (κ1) is 20.3. The van der Waals surface area contributed by atoms with Crippen molar-refractivity contribution in [2.24, 2.45) is 0 Å². The molecule has 1 aromatic carbocycles. The Balaban J connectivity index is 1.62. The van der Waals surface area contributed by atoms with Crippen LogP contribution in [0.25, 0.3) is 11.3 Å². The van der Waals surface area contributed by atoms with Crippen LogP contribution in [0.1, 0.15) is 41.7 Å². The van der Waals surface area contributed by atoms with Gasteiger partial charge < -0.3 is 14.5 Å². The first-order chi connectivity index (χ1) is 13.4. The SMILES string of the molecule is Cc1cc(-c2ccc(C(=O)N(C)CCC[C@H]3CCCO3)cc2)nc(N(C)C)n1. The van der Waals surface area contributed by atoms with E-state index in [9.17, 15) is 4.79 Å². The maximum absolute atomic E-state index is 12.7. The highest BCUT2D eigenvalue weighted by Crippen LogP contribution is 2.21. The first-order valence-electron chi connectivity index (χ1n) is 9.94. The van der Waals surface area contributed by atoms with Gasteiger partial charge in [0.05, 0.1) is 11.8 Å².